The Kier molecular flexibility index (Phi) is 3.12. The zero-order chi connectivity index (χ0) is 7.28. The van der Waals surface area contributed by atoms with Crippen molar-refractivity contribution >= 4 is 12.4 Å². The van der Waals surface area contributed by atoms with Crippen LogP contribution in [0.25, 0.3) is 0 Å². The second-order valence-corrected chi connectivity index (χ2v) is 1.27. The van der Waals surface area contributed by atoms with E-state index >= 15 is 0 Å². The fourth-order valence-corrected chi connectivity index (χ4v) is 0.201. The van der Waals surface area contributed by atoms with Gasteiger partial charge in [0.1, 0.15) is 0 Å². The number of rotatable bonds is 3. The van der Waals surface area contributed by atoms with Gasteiger partial charge in [0.15, 0.2) is 0 Å². The van der Waals surface area contributed by atoms with Crippen molar-refractivity contribution in [2.75, 3.05) is 7.05 Å². The van der Waals surface area contributed by atoms with Gasteiger partial charge in [0.25, 0.3) is 0 Å². The van der Waals surface area contributed by atoms with Gasteiger partial charge in [-0.3, -0.25) is 4.79 Å². The number of carbonyl (C=O) groups excluding carboxylic acids is 2. The topological polar surface area (TPSA) is 46.6 Å². The van der Waals surface area contributed by atoms with Crippen LogP contribution in [0.1, 0.15) is 0 Å². The highest BCUT2D eigenvalue weighted by Gasteiger charge is 1.97. The minimum absolute atomic E-state index is 0.376. The number of hydrogen-bond acceptors (Lipinski definition) is 3. The van der Waals surface area contributed by atoms with Crippen molar-refractivity contribution in [3.05, 3.63) is 12.7 Å². The van der Waals surface area contributed by atoms with Crippen LogP contribution in [0.15, 0.2) is 12.7 Å². The van der Waals surface area contributed by atoms with Crippen molar-refractivity contribution in [2.45, 2.75) is 0 Å². The van der Waals surface area contributed by atoms with Gasteiger partial charge in [0, 0.05) is 13.1 Å². The summed E-state index contributed by atoms with van der Waals surface area (Å²) in [5, 5.41) is 0.754. The van der Waals surface area contributed by atoms with Gasteiger partial charge in [0.2, 0.25) is 6.41 Å². The van der Waals surface area contributed by atoms with Crippen LogP contribution in [0.3, 0.4) is 0 Å². The van der Waals surface area contributed by atoms with Gasteiger partial charge in [-0.1, -0.05) is 6.58 Å². The molecule has 0 aromatic carbocycles. The van der Waals surface area contributed by atoms with Crippen molar-refractivity contribution in [1.82, 2.24) is 5.06 Å². The van der Waals surface area contributed by atoms with Crippen LogP contribution < -0.4 is 0 Å². The summed E-state index contributed by atoms with van der Waals surface area (Å²) in [4.78, 5) is 24.3. The van der Waals surface area contributed by atoms with Crippen molar-refractivity contribution in [3.63, 3.8) is 0 Å². The number of hydrogen-bond donors (Lipinski definition) is 0. The van der Waals surface area contributed by atoms with E-state index in [9.17, 15) is 9.59 Å². The van der Waals surface area contributed by atoms with Gasteiger partial charge in [-0.2, -0.15) is 5.06 Å². The van der Waals surface area contributed by atoms with Gasteiger partial charge in [0.05, 0.1) is 0 Å². The molecule has 4 heteroatoms. The molecule has 4 nitrogen and oxygen atoms in total. The number of hydroxylamine groups is 2. The van der Waals surface area contributed by atoms with E-state index in [1.165, 1.54) is 7.05 Å². The molecule has 1 amide bonds. The molecule has 50 valence electrons. The molecular weight excluding hydrogens is 122 g/mol. The van der Waals surface area contributed by atoms with E-state index in [4.69, 9.17) is 0 Å². The number of nitrogens with zero attached hydrogens (tertiary/aromatic N) is 1. The Labute approximate surface area is 52.7 Å². The van der Waals surface area contributed by atoms with Crippen molar-refractivity contribution < 1.29 is 14.4 Å². The van der Waals surface area contributed by atoms with E-state index in [1.54, 1.807) is 0 Å². The van der Waals surface area contributed by atoms with Crippen LogP contribution in [-0.4, -0.2) is 24.5 Å². The van der Waals surface area contributed by atoms with E-state index in [2.05, 4.69) is 11.4 Å². The van der Waals surface area contributed by atoms with Crippen LogP contribution in [0.4, 0.5) is 0 Å². The smallest absolute Gasteiger partial charge is 0.334 e. The maximum absolute atomic E-state index is 10.2. The Morgan fingerprint density at radius 3 is 2.67 bits per heavy atom. The molecule has 0 unspecified atom stereocenters. The molecule has 0 radical (unpaired) electrons. The Hall–Kier alpha value is -1.32. The maximum atomic E-state index is 10.2. The van der Waals surface area contributed by atoms with Crippen LogP contribution in [0.5, 0.6) is 0 Å². The van der Waals surface area contributed by atoms with Crippen molar-refractivity contribution in [2.24, 2.45) is 0 Å². The molecule has 0 bridgehead atoms. The monoisotopic (exact) mass is 129 g/mol. The van der Waals surface area contributed by atoms with E-state index in [0.29, 0.717) is 6.41 Å². The largest absolute Gasteiger partial charge is 0.355 e. The standard InChI is InChI=1S/C5H7NO3/c1-3-5(8)9-6(2)4-7/h3-4H,1H2,2H3. The molecule has 0 aliphatic rings. The molecule has 0 heterocycles. The zero-order valence-corrected chi connectivity index (χ0v) is 5.03. The summed E-state index contributed by atoms with van der Waals surface area (Å²) < 4.78 is 0. The first-order valence-corrected chi connectivity index (χ1v) is 2.23. The summed E-state index contributed by atoms with van der Waals surface area (Å²) in [6, 6.07) is 0. The Morgan fingerprint density at radius 1 is 1.78 bits per heavy atom. The van der Waals surface area contributed by atoms with Crippen LogP contribution in [-0.2, 0) is 14.4 Å². The lowest BCUT2D eigenvalue weighted by atomic mass is 10.7. The van der Waals surface area contributed by atoms with Gasteiger partial charge in [-0.05, 0) is 0 Å². The molecule has 0 fully saturated rings. The SMILES string of the molecule is C=CC(=O)ON(C)C=O. The van der Waals surface area contributed by atoms with E-state index < -0.39 is 5.97 Å². The van der Waals surface area contributed by atoms with Crippen LogP contribution in [0.2, 0.25) is 0 Å². The lowest BCUT2D eigenvalue weighted by Gasteiger charge is -2.06. The van der Waals surface area contributed by atoms with Crippen molar-refractivity contribution in [1.29, 1.82) is 0 Å². The predicted molar refractivity (Wildman–Crippen MR) is 30.1 cm³/mol. The van der Waals surface area contributed by atoms with Gasteiger partial charge in [-0.25, -0.2) is 4.79 Å². The van der Waals surface area contributed by atoms with E-state index in [1.807, 2.05) is 0 Å². The lowest BCUT2D eigenvalue weighted by Crippen LogP contribution is -2.19. The molecule has 0 spiro atoms. The zero-order valence-electron chi connectivity index (χ0n) is 5.03. The molecule has 9 heavy (non-hydrogen) atoms. The van der Waals surface area contributed by atoms with E-state index in [0.717, 1.165) is 11.1 Å². The molecular formula is C5H7NO3. The molecule has 0 saturated carbocycles. The molecule has 0 aliphatic heterocycles. The summed E-state index contributed by atoms with van der Waals surface area (Å²) in [5.41, 5.74) is 0. The maximum Gasteiger partial charge on any atom is 0.355 e. The quantitative estimate of drug-likeness (QED) is 0.299. The first-order chi connectivity index (χ1) is 4.20. The minimum atomic E-state index is -0.649. The van der Waals surface area contributed by atoms with Gasteiger partial charge in [-0.15, -0.1) is 0 Å². The fraction of sp³-hybridized carbons (Fsp3) is 0.200. The molecule has 0 aromatic rings. The third-order valence-corrected chi connectivity index (χ3v) is 0.549. The summed E-state index contributed by atoms with van der Waals surface area (Å²) in [5.74, 6) is -0.649. The lowest BCUT2D eigenvalue weighted by molar-refractivity contribution is -0.180. The normalized spacial score (nSPS) is 7.67. The van der Waals surface area contributed by atoms with Crippen LogP contribution in [0, 0.1) is 0 Å². The summed E-state index contributed by atoms with van der Waals surface area (Å²) in [7, 11) is 1.31. The molecule has 0 aliphatic carbocycles. The molecule has 0 atom stereocenters. The first kappa shape index (κ1) is 7.68. The molecule has 0 N–H and O–H groups in total. The van der Waals surface area contributed by atoms with Crippen molar-refractivity contribution in [3.8, 4) is 0 Å². The number of amides is 1. The summed E-state index contributed by atoms with van der Waals surface area (Å²) in [6.45, 7) is 3.13. The predicted octanol–water partition coefficient (Wildman–Crippen LogP) is -0.281. The highest BCUT2D eigenvalue weighted by molar-refractivity contribution is 5.81. The summed E-state index contributed by atoms with van der Waals surface area (Å²) >= 11 is 0. The average molecular weight is 129 g/mol. The van der Waals surface area contributed by atoms with Gasteiger partial charge >= 0.3 is 5.97 Å². The minimum Gasteiger partial charge on any atom is -0.334 e. The Bertz CT molecular complexity index is 132. The highest BCUT2D eigenvalue weighted by atomic mass is 16.7. The fourth-order valence-electron chi connectivity index (χ4n) is 0.201. The van der Waals surface area contributed by atoms with E-state index in [-0.39, 0.29) is 0 Å². The summed E-state index contributed by atoms with van der Waals surface area (Å²) in [6.07, 6.45) is 1.35. The third-order valence-electron chi connectivity index (χ3n) is 0.549. The second kappa shape index (κ2) is 3.65. The Balaban J connectivity index is 3.58. The Morgan fingerprint density at radius 2 is 2.33 bits per heavy atom. The highest BCUT2D eigenvalue weighted by Crippen LogP contribution is 1.80. The second-order valence-electron chi connectivity index (χ2n) is 1.27. The molecule has 0 saturated heterocycles. The van der Waals surface area contributed by atoms with Gasteiger partial charge < -0.3 is 4.84 Å². The average Bonchev–Trinajstić information content (AvgIpc) is 1.87. The third kappa shape index (κ3) is 3.28. The first-order valence-electron chi connectivity index (χ1n) is 2.23. The molecule has 0 rings (SSSR count). The van der Waals surface area contributed by atoms with Crippen LogP contribution >= 0.6 is 0 Å². The molecule has 0 aromatic heterocycles. The number of carbonyl (C=O) groups is 2.